The molecule has 1 saturated heterocycles. The van der Waals surface area contributed by atoms with Crippen LogP contribution in [0.1, 0.15) is 49.3 Å². The summed E-state index contributed by atoms with van der Waals surface area (Å²) in [5.74, 6) is -0.328. The minimum Gasteiger partial charge on any atom is -0.465 e. The molecule has 9 heteroatoms. The Morgan fingerprint density at radius 3 is 2.38 bits per heavy atom. The molecule has 39 heavy (non-hydrogen) atoms. The van der Waals surface area contributed by atoms with Gasteiger partial charge in [0, 0.05) is 49.8 Å². The number of piperazine rings is 1. The van der Waals surface area contributed by atoms with Crippen molar-refractivity contribution in [3.63, 3.8) is 0 Å². The quantitative estimate of drug-likeness (QED) is 0.512. The number of aliphatic hydroxyl groups excluding tert-OH is 1. The molecule has 3 amide bonds. The number of hydrogen-bond acceptors (Lipinski definition) is 4. The summed E-state index contributed by atoms with van der Waals surface area (Å²) in [5.41, 5.74) is 4.10. The Morgan fingerprint density at radius 2 is 1.77 bits per heavy atom. The van der Waals surface area contributed by atoms with E-state index in [0.717, 1.165) is 41.5 Å². The van der Waals surface area contributed by atoms with E-state index in [0.29, 0.717) is 36.5 Å². The fraction of sp³-hybridized carbons (Fsp3) is 0.433. The molecule has 2 heterocycles. The van der Waals surface area contributed by atoms with Gasteiger partial charge in [0.25, 0.3) is 5.91 Å². The van der Waals surface area contributed by atoms with Gasteiger partial charge in [-0.05, 0) is 60.4 Å². The SMILES string of the molecule is CC(=O)N1C[C@H]2CC(c3ccc(CCCO)cc3)=C(C(=O)N(Cc3ccccc3Cl)C3CC3)[C@@H](C1)N2C(=O)O. The van der Waals surface area contributed by atoms with Gasteiger partial charge in [0.15, 0.2) is 0 Å². The lowest BCUT2D eigenvalue weighted by molar-refractivity contribution is -0.135. The number of halogens is 1. The number of rotatable bonds is 8. The zero-order valence-electron chi connectivity index (χ0n) is 22.1. The second-order valence-corrected chi connectivity index (χ2v) is 11.1. The number of carboxylic acid groups (broad SMARTS) is 1. The van der Waals surface area contributed by atoms with Crippen LogP contribution in [-0.2, 0) is 22.6 Å². The number of carbonyl (C=O) groups excluding carboxylic acids is 2. The number of benzene rings is 2. The van der Waals surface area contributed by atoms with E-state index < -0.39 is 18.2 Å². The third-order valence-electron chi connectivity index (χ3n) is 8.02. The van der Waals surface area contributed by atoms with Crippen LogP contribution in [0.15, 0.2) is 54.1 Å². The van der Waals surface area contributed by atoms with E-state index in [9.17, 15) is 24.6 Å². The predicted molar refractivity (Wildman–Crippen MR) is 148 cm³/mol. The van der Waals surface area contributed by atoms with Crippen LogP contribution in [0.4, 0.5) is 4.79 Å². The third kappa shape index (κ3) is 5.68. The Balaban J connectivity index is 1.60. The summed E-state index contributed by atoms with van der Waals surface area (Å²) < 4.78 is 0. The van der Waals surface area contributed by atoms with Gasteiger partial charge < -0.3 is 20.0 Å². The molecule has 0 spiro atoms. The zero-order chi connectivity index (χ0) is 27.7. The van der Waals surface area contributed by atoms with Crippen molar-refractivity contribution in [2.24, 2.45) is 0 Å². The van der Waals surface area contributed by atoms with Gasteiger partial charge in [0.05, 0.1) is 12.1 Å². The largest absolute Gasteiger partial charge is 0.465 e. The van der Waals surface area contributed by atoms with Crippen molar-refractivity contribution in [2.75, 3.05) is 19.7 Å². The van der Waals surface area contributed by atoms with Crippen molar-refractivity contribution in [2.45, 2.75) is 63.7 Å². The van der Waals surface area contributed by atoms with E-state index >= 15 is 0 Å². The maximum absolute atomic E-state index is 14.5. The first-order chi connectivity index (χ1) is 18.8. The van der Waals surface area contributed by atoms with E-state index in [1.165, 1.54) is 11.8 Å². The fourth-order valence-electron chi connectivity index (χ4n) is 5.87. The number of carbonyl (C=O) groups is 3. The summed E-state index contributed by atoms with van der Waals surface area (Å²) in [7, 11) is 0. The average Bonchev–Trinajstić information content (AvgIpc) is 3.76. The molecule has 2 N–H and O–H groups in total. The summed E-state index contributed by atoms with van der Waals surface area (Å²) in [6.45, 7) is 2.37. The molecule has 1 saturated carbocycles. The zero-order valence-corrected chi connectivity index (χ0v) is 22.8. The number of aliphatic hydroxyl groups is 1. The summed E-state index contributed by atoms with van der Waals surface area (Å²) in [6.07, 6.45) is 2.44. The lowest BCUT2D eigenvalue weighted by Crippen LogP contribution is -2.64. The van der Waals surface area contributed by atoms with E-state index in [4.69, 9.17) is 11.6 Å². The van der Waals surface area contributed by atoms with Crippen LogP contribution in [0.3, 0.4) is 0 Å². The highest BCUT2D eigenvalue weighted by atomic mass is 35.5. The molecule has 206 valence electrons. The van der Waals surface area contributed by atoms with Crippen LogP contribution in [-0.4, -0.2) is 80.6 Å². The first-order valence-electron chi connectivity index (χ1n) is 13.5. The second kappa shape index (κ2) is 11.4. The monoisotopic (exact) mass is 551 g/mol. The molecule has 2 aromatic carbocycles. The van der Waals surface area contributed by atoms with Gasteiger partial charge in [0.1, 0.15) is 0 Å². The lowest BCUT2D eigenvalue weighted by atomic mass is 9.81. The molecule has 0 radical (unpaired) electrons. The lowest BCUT2D eigenvalue weighted by Gasteiger charge is -2.50. The maximum atomic E-state index is 14.5. The molecular formula is C30H34ClN3O5. The molecule has 2 atom stereocenters. The van der Waals surface area contributed by atoms with Gasteiger partial charge >= 0.3 is 6.09 Å². The van der Waals surface area contributed by atoms with E-state index in [-0.39, 0.29) is 31.0 Å². The van der Waals surface area contributed by atoms with Crippen LogP contribution in [0.5, 0.6) is 0 Å². The summed E-state index contributed by atoms with van der Waals surface area (Å²) in [6, 6.07) is 14.3. The highest BCUT2D eigenvalue weighted by Crippen LogP contribution is 2.41. The Bertz CT molecular complexity index is 1290. The van der Waals surface area contributed by atoms with Gasteiger partial charge in [-0.25, -0.2) is 4.79 Å². The average molecular weight is 552 g/mol. The van der Waals surface area contributed by atoms with Crippen LogP contribution >= 0.6 is 11.6 Å². The Hall–Kier alpha value is -3.36. The van der Waals surface area contributed by atoms with Gasteiger partial charge in [-0.15, -0.1) is 0 Å². The first kappa shape index (κ1) is 27.2. The molecule has 2 bridgehead atoms. The number of fused-ring (bicyclic) bond motifs is 2. The second-order valence-electron chi connectivity index (χ2n) is 10.7. The van der Waals surface area contributed by atoms with Crippen LogP contribution in [0.25, 0.3) is 5.57 Å². The Morgan fingerprint density at radius 1 is 1.05 bits per heavy atom. The Kier molecular flexibility index (Phi) is 7.96. The van der Waals surface area contributed by atoms with Crippen molar-refractivity contribution in [3.05, 3.63) is 75.8 Å². The number of aryl methyl sites for hydroxylation is 1. The topological polar surface area (TPSA) is 101 Å². The van der Waals surface area contributed by atoms with Gasteiger partial charge in [0.2, 0.25) is 5.91 Å². The van der Waals surface area contributed by atoms with Crippen LogP contribution in [0.2, 0.25) is 5.02 Å². The molecule has 2 aliphatic heterocycles. The molecule has 0 unspecified atom stereocenters. The molecule has 1 aliphatic carbocycles. The highest BCUT2D eigenvalue weighted by molar-refractivity contribution is 6.31. The number of amides is 3. The van der Waals surface area contributed by atoms with E-state index in [1.54, 1.807) is 11.0 Å². The number of hydrogen-bond donors (Lipinski definition) is 2. The van der Waals surface area contributed by atoms with Gasteiger partial charge in [-0.2, -0.15) is 0 Å². The van der Waals surface area contributed by atoms with E-state index in [2.05, 4.69) is 0 Å². The van der Waals surface area contributed by atoms with Crippen LogP contribution < -0.4 is 0 Å². The van der Waals surface area contributed by atoms with Crippen molar-refractivity contribution in [3.8, 4) is 0 Å². The molecule has 8 nitrogen and oxygen atoms in total. The van der Waals surface area contributed by atoms with Crippen molar-refractivity contribution >= 4 is 35.1 Å². The number of nitrogens with zero attached hydrogens (tertiary/aromatic N) is 3. The first-order valence-corrected chi connectivity index (χ1v) is 13.9. The molecule has 5 rings (SSSR count). The summed E-state index contributed by atoms with van der Waals surface area (Å²) >= 11 is 6.47. The summed E-state index contributed by atoms with van der Waals surface area (Å²) in [5, 5.41) is 20.0. The maximum Gasteiger partial charge on any atom is 0.408 e. The summed E-state index contributed by atoms with van der Waals surface area (Å²) in [4.78, 5) is 44.3. The molecule has 2 fully saturated rings. The molecule has 0 aromatic heterocycles. The van der Waals surface area contributed by atoms with Crippen molar-refractivity contribution < 1.29 is 24.6 Å². The third-order valence-corrected chi connectivity index (χ3v) is 8.39. The minimum atomic E-state index is -1.08. The van der Waals surface area contributed by atoms with Crippen molar-refractivity contribution in [1.29, 1.82) is 0 Å². The predicted octanol–water partition coefficient (Wildman–Crippen LogP) is 4.19. The molecule has 2 aromatic rings. The van der Waals surface area contributed by atoms with Crippen molar-refractivity contribution in [1.82, 2.24) is 14.7 Å². The van der Waals surface area contributed by atoms with Gasteiger partial charge in [-0.1, -0.05) is 54.1 Å². The van der Waals surface area contributed by atoms with Crippen LogP contribution in [0, 0.1) is 0 Å². The fourth-order valence-corrected chi connectivity index (χ4v) is 6.07. The smallest absolute Gasteiger partial charge is 0.408 e. The highest BCUT2D eigenvalue weighted by Gasteiger charge is 2.49. The van der Waals surface area contributed by atoms with Gasteiger partial charge in [-0.3, -0.25) is 14.5 Å². The normalized spacial score (nSPS) is 20.7. The molecular weight excluding hydrogens is 518 g/mol. The molecule has 3 aliphatic rings. The standard InChI is InChI=1S/C30H34ClN3O5/c1-19(36)32-17-24-15-25(21-10-8-20(9-11-21)5-4-14-35)28(27(18-32)34(24)30(38)39)29(37)33(23-12-13-23)16-22-6-2-3-7-26(22)31/h2-3,6-11,23-24,27,35H,4-5,12-18H2,1H3,(H,38,39)/t24-,27-/m1/s1. The minimum absolute atomic E-state index is 0.0619. The Labute approximate surface area is 233 Å². The van der Waals surface area contributed by atoms with E-state index in [1.807, 2.05) is 47.4 Å².